The number of pyridine rings is 1. The number of nitrogens with zero attached hydrogens (tertiary/aromatic N) is 1. The van der Waals surface area contributed by atoms with Gasteiger partial charge in [-0.15, -0.1) is 0 Å². The van der Waals surface area contributed by atoms with Crippen LogP contribution < -0.4 is 21.1 Å². The van der Waals surface area contributed by atoms with E-state index in [9.17, 15) is 9.59 Å². The van der Waals surface area contributed by atoms with Gasteiger partial charge in [0.15, 0.2) is 5.75 Å². The first-order chi connectivity index (χ1) is 20.6. The monoisotopic (exact) mass is 558 g/mol. The molecule has 0 saturated carbocycles. The molecule has 0 radical (unpaired) electrons. The van der Waals surface area contributed by atoms with Crippen molar-refractivity contribution in [2.45, 2.75) is 25.4 Å². The topological polar surface area (TPSA) is 106 Å². The van der Waals surface area contributed by atoms with E-state index < -0.39 is 6.04 Å². The Hall–Kier alpha value is -5.01. The summed E-state index contributed by atoms with van der Waals surface area (Å²) in [5.41, 5.74) is 10.4. The minimum Gasteiger partial charge on any atom is -0.489 e. The molecule has 0 fully saturated rings. The number of nitrogens with one attached hydrogen (secondary N) is 2. The van der Waals surface area contributed by atoms with Gasteiger partial charge in [-0.3, -0.25) is 9.59 Å². The molecule has 5 aromatic rings. The second kappa shape index (κ2) is 13.6. The number of hydrogen-bond donors (Lipinski definition) is 3. The fourth-order valence-corrected chi connectivity index (χ4v) is 4.94. The Morgan fingerprint density at radius 1 is 0.810 bits per heavy atom. The number of nitrogens with two attached hydrogens (primary N) is 1. The molecule has 42 heavy (non-hydrogen) atoms. The van der Waals surface area contributed by atoms with Gasteiger partial charge in [-0.05, 0) is 23.6 Å². The second-order valence-electron chi connectivity index (χ2n) is 9.92. The lowest BCUT2D eigenvalue weighted by Gasteiger charge is -2.21. The molecule has 0 aliphatic rings. The van der Waals surface area contributed by atoms with Crippen LogP contribution in [0.5, 0.6) is 5.75 Å². The van der Waals surface area contributed by atoms with Gasteiger partial charge < -0.3 is 21.1 Å². The number of ether oxygens (including phenoxy) is 1. The zero-order chi connectivity index (χ0) is 29.3. The van der Waals surface area contributed by atoms with E-state index in [0.717, 1.165) is 16.7 Å². The van der Waals surface area contributed by atoms with Crippen LogP contribution in [0.25, 0.3) is 22.2 Å². The molecule has 212 valence electrons. The quantitative estimate of drug-likeness (QED) is 0.173. The predicted molar refractivity (Wildman–Crippen MR) is 166 cm³/mol. The largest absolute Gasteiger partial charge is 0.489 e. The van der Waals surface area contributed by atoms with E-state index in [2.05, 4.69) is 10.6 Å². The molecule has 0 saturated heterocycles. The maximum absolute atomic E-state index is 14.1. The van der Waals surface area contributed by atoms with E-state index in [1.165, 1.54) is 0 Å². The Morgan fingerprint density at radius 2 is 1.40 bits per heavy atom. The van der Waals surface area contributed by atoms with Crippen LogP contribution >= 0.6 is 0 Å². The van der Waals surface area contributed by atoms with Crippen LogP contribution in [0.1, 0.15) is 46.9 Å². The molecular weight excluding hydrogens is 524 g/mol. The smallest absolute Gasteiger partial charge is 0.256 e. The lowest BCUT2D eigenvalue weighted by Crippen LogP contribution is -2.36. The summed E-state index contributed by atoms with van der Waals surface area (Å²) in [6.45, 7) is 2.35. The highest BCUT2D eigenvalue weighted by molar-refractivity contribution is 6.10. The number of amides is 2. The number of para-hydroxylation sites is 1. The van der Waals surface area contributed by atoms with Crippen molar-refractivity contribution in [3.8, 4) is 17.0 Å². The number of aromatic nitrogens is 1. The van der Waals surface area contributed by atoms with Gasteiger partial charge >= 0.3 is 0 Å². The highest BCUT2D eigenvalue weighted by Gasteiger charge is 2.25. The summed E-state index contributed by atoms with van der Waals surface area (Å²) < 4.78 is 6.33. The molecule has 0 aliphatic carbocycles. The Labute approximate surface area is 245 Å². The van der Waals surface area contributed by atoms with Gasteiger partial charge in [-0.2, -0.15) is 0 Å². The Bertz CT molecular complexity index is 1640. The molecule has 0 spiro atoms. The zero-order valence-electron chi connectivity index (χ0n) is 23.5. The molecule has 4 N–H and O–H groups in total. The molecule has 5 rings (SSSR count). The Balaban J connectivity index is 1.46. The highest BCUT2D eigenvalue weighted by Crippen LogP contribution is 2.37. The van der Waals surface area contributed by atoms with E-state index in [1.807, 2.05) is 122 Å². The summed E-state index contributed by atoms with van der Waals surface area (Å²) in [5, 5.41) is 6.75. The number of benzene rings is 4. The van der Waals surface area contributed by atoms with Gasteiger partial charge in [-0.1, -0.05) is 116 Å². The maximum atomic E-state index is 14.1. The van der Waals surface area contributed by atoms with Crippen LogP contribution in [0, 0.1) is 0 Å². The molecule has 2 amide bonds. The standard InChI is InChI=1S/C35H34N4O3/c1-2-28(24-14-6-3-7-15-24)39-34(40)30-27-20-12-13-21-29(27)38-32(26-18-10-5-11-19-26)33(30)42-23-22-37-35(41)31(36)25-16-8-4-9-17-25/h3-21,28,31H,2,22-23,36H2,1H3,(H,37,41)(H,39,40)/t28-,31+/m0/s1. The van der Waals surface area contributed by atoms with Crippen LogP contribution in [-0.2, 0) is 4.79 Å². The van der Waals surface area contributed by atoms with Crippen molar-refractivity contribution < 1.29 is 14.3 Å². The summed E-state index contributed by atoms with van der Waals surface area (Å²) in [5.74, 6) is -0.204. The third kappa shape index (κ3) is 6.48. The van der Waals surface area contributed by atoms with Crippen LogP contribution in [-0.4, -0.2) is 29.9 Å². The zero-order valence-corrected chi connectivity index (χ0v) is 23.5. The third-order valence-electron chi connectivity index (χ3n) is 7.13. The van der Waals surface area contributed by atoms with Crippen LogP contribution in [0.4, 0.5) is 0 Å². The van der Waals surface area contributed by atoms with Crippen LogP contribution in [0.3, 0.4) is 0 Å². The van der Waals surface area contributed by atoms with E-state index in [1.54, 1.807) is 0 Å². The minimum atomic E-state index is -0.793. The summed E-state index contributed by atoms with van der Waals surface area (Å²) in [7, 11) is 0. The molecule has 0 unspecified atom stereocenters. The molecule has 0 bridgehead atoms. The number of carbonyl (C=O) groups excluding carboxylic acids is 2. The molecule has 0 aliphatic heterocycles. The first-order valence-electron chi connectivity index (χ1n) is 14.1. The number of hydrogen-bond acceptors (Lipinski definition) is 5. The molecule has 1 heterocycles. The normalized spacial score (nSPS) is 12.3. The van der Waals surface area contributed by atoms with Crippen LogP contribution in [0.2, 0.25) is 0 Å². The highest BCUT2D eigenvalue weighted by atomic mass is 16.5. The number of fused-ring (bicyclic) bond motifs is 1. The lowest BCUT2D eigenvalue weighted by molar-refractivity contribution is -0.122. The fraction of sp³-hybridized carbons (Fsp3) is 0.171. The summed E-state index contributed by atoms with van der Waals surface area (Å²) in [6, 6.07) is 35.3. The maximum Gasteiger partial charge on any atom is 0.256 e. The average Bonchev–Trinajstić information content (AvgIpc) is 3.05. The summed E-state index contributed by atoms with van der Waals surface area (Å²) in [6.07, 6.45) is 0.716. The van der Waals surface area contributed by atoms with Crippen molar-refractivity contribution in [3.63, 3.8) is 0 Å². The van der Waals surface area contributed by atoms with E-state index in [0.29, 0.717) is 34.3 Å². The van der Waals surface area contributed by atoms with Crippen molar-refractivity contribution >= 4 is 22.7 Å². The third-order valence-corrected chi connectivity index (χ3v) is 7.13. The van der Waals surface area contributed by atoms with Crippen molar-refractivity contribution in [3.05, 3.63) is 132 Å². The fourth-order valence-electron chi connectivity index (χ4n) is 4.94. The van der Waals surface area contributed by atoms with Gasteiger partial charge in [0.25, 0.3) is 5.91 Å². The number of rotatable bonds is 11. The second-order valence-corrected chi connectivity index (χ2v) is 9.92. The van der Waals surface area contributed by atoms with Gasteiger partial charge in [-0.25, -0.2) is 4.98 Å². The molecular formula is C35H34N4O3. The van der Waals surface area contributed by atoms with Crippen molar-refractivity contribution in [2.24, 2.45) is 5.73 Å². The molecule has 2 atom stereocenters. The van der Waals surface area contributed by atoms with Crippen molar-refractivity contribution in [1.29, 1.82) is 0 Å². The van der Waals surface area contributed by atoms with E-state index in [-0.39, 0.29) is 31.0 Å². The van der Waals surface area contributed by atoms with Gasteiger partial charge in [0, 0.05) is 10.9 Å². The van der Waals surface area contributed by atoms with E-state index >= 15 is 0 Å². The molecule has 4 aromatic carbocycles. The SMILES string of the molecule is CC[C@H](NC(=O)c1c(OCCNC(=O)[C@H](N)c2ccccc2)c(-c2ccccc2)nc2ccccc12)c1ccccc1. The Morgan fingerprint density at radius 3 is 2.07 bits per heavy atom. The molecule has 7 nitrogen and oxygen atoms in total. The summed E-state index contributed by atoms with van der Waals surface area (Å²) >= 11 is 0. The van der Waals surface area contributed by atoms with Crippen molar-refractivity contribution in [1.82, 2.24) is 15.6 Å². The van der Waals surface area contributed by atoms with Gasteiger partial charge in [0.2, 0.25) is 5.91 Å². The van der Waals surface area contributed by atoms with Gasteiger partial charge in [0.1, 0.15) is 18.3 Å². The van der Waals surface area contributed by atoms with E-state index in [4.69, 9.17) is 15.5 Å². The minimum absolute atomic E-state index is 0.114. The molecule has 1 aromatic heterocycles. The van der Waals surface area contributed by atoms with Crippen molar-refractivity contribution in [2.75, 3.05) is 13.2 Å². The lowest BCUT2D eigenvalue weighted by atomic mass is 10.00. The Kier molecular flexibility index (Phi) is 9.21. The molecule has 7 heteroatoms. The van der Waals surface area contributed by atoms with Crippen LogP contribution in [0.15, 0.2) is 115 Å². The number of carbonyl (C=O) groups is 2. The first-order valence-corrected chi connectivity index (χ1v) is 14.1. The first kappa shape index (κ1) is 28.5. The summed E-state index contributed by atoms with van der Waals surface area (Å²) in [4.78, 5) is 31.7. The average molecular weight is 559 g/mol. The predicted octanol–water partition coefficient (Wildman–Crippen LogP) is 5.98. The van der Waals surface area contributed by atoms with Gasteiger partial charge in [0.05, 0.1) is 23.7 Å².